The highest BCUT2D eigenvalue weighted by atomic mass is 35.5. The second-order valence-electron chi connectivity index (χ2n) is 4.91. The Morgan fingerprint density at radius 1 is 1.32 bits per heavy atom. The van der Waals surface area contributed by atoms with Gasteiger partial charge in [0.15, 0.2) is 0 Å². The highest BCUT2D eigenvalue weighted by Gasteiger charge is 2.07. The summed E-state index contributed by atoms with van der Waals surface area (Å²) in [5, 5.41) is 14.7. The van der Waals surface area contributed by atoms with Crippen molar-refractivity contribution in [3.63, 3.8) is 0 Å². The number of hydrogen-bond acceptors (Lipinski definition) is 3. The minimum Gasteiger partial charge on any atom is -0.360 e. The number of nitrogens with zero attached hydrogens (tertiary/aromatic N) is 1. The Bertz CT molecular complexity index is 532. The second kappa shape index (κ2) is 10.7. The fourth-order valence-electron chi connectivity index (χ4n) is 1.82. The summed E-state index contributed by atoms with van der Waals surface area (Å²) >= 11 is 5.54. The number of anilines is 1. The lowest BCUT2D eigenvalue weighted by Crippen LogP contribution is -2.26. The zero-order valence-corrected chi connectivity index (χ0v) is 13.6. The van der Waals surface area contributed by atoms with Crippen LogP contribution in [0.3, 0.4) is 0 Å². The van der Waals surface area contributed by atoms with Crippen LogP contribution in [-0.2, 0) is 11.2 Å². The van der Waals surface area contributed by atoms with E-state index in [4.69, 9.17) is 16.9 Å². The molecule has 118 valence electrons. The molecule has 0 aliphatic carbocycles. The minimum atomic E-state index is -0.389. The smallest absolute Gasteiger partial charge is 0.263 e. The standard InChI is InChI=1S/C17H22ClN3O/c1-2-3-5-14-6-8-16(9-7-14)21-13-15(12-19)17(22)20-11-4-10-18/h6-9,13,21H,2-5,10-11H2,1H3,(H,20,22)/b15-13-. The molecule has 0 fully saturated rings. The average Bonchev–Trinajstić information content (AvgIpc) is 2.55. The Balaban J connectivity index is 2.56. The van der Waals surface area contributed by atoms with Crippen molar-refractivity contribution in [3.8, 4) is 6.07 Å². The quantitative estimate of drug-likeness (QED) is 0.316. The lowest BCUT2D eigenvalue weighted by atomic mass is 10.1. The summed E-state index contributed by atoms with van der Waals surface area (Å²) in [5.74, 6) is 0.0915. The topological polar surface area (TPSA) is 64.9 Å². The molecule has 1 aromatic rings. The van der Waals surface area contributed by atoms with Crippen molar-refractivity contribution in [2.45, 2.75) is 32.6 Å². The predicted octanol–water partition coefficient (Wildman–Crippen LogP) is 3.59. The van der Waals surface area contributed by atoms with Crippen LogP contribution in [0.1, 0.15) is 31.7 Å². The van der Waals surface area contributed by atoms with Crippen LogP contribution >= 0.6 is 11.6 Å². The van der Waals surface area contributed by atoms with Gasteiger partial charge < -0.3 is 10.6 Å². The van der Waals surface area contributed by atoms with Crippen LogP contribution < -0.4 is 10.6 Å². The third kappa shape index (κ3) is 6.64. The number of hydrogen-bond donors (Lipinski definition) is 2. The van der Waals surface area contributed by atoms with E-state index in [1.165, 1.54) is 24.6 Å². The van der Waals surface area contributed by atoms with E-state index in [-0.39, 0.29) is 11.5 Å². The van der Waals surface area contributed by atoms with Gasteiger partial charge in [-0.3, -0.25) is 4.79 Å². The van der Waals surface area contributed by atoms with Crippen LogP contribution in [-0.4, -0.2) is 18.3 Å². The van der Waals surface area contributed by atoms with Crippen LogP contribution in [0.5, 0.6) is 0 Å². The number of halogens is 1. The maximum Gasteiger partial charge on any atom is 0.263 e. The number of benzene rings is 1. The fraction of sp³-hybridized carbons (Fsp3) is 0.412. The number of nitrogens with one attached hydrogen (secondary N) is 2. The summed E-state index contributed by atoms with van der Waals surface area (Å²) < 4.78 is 0. The SMILES string of the molecule is CCCCc1ccc(N/C=C(/C#N)C(=O)NCCCCl)cc1. The van der Waals surface area contributed by atoms with E-state index in [0.717, 1.165) is 12.1 Å². The second-order valence-corrected chi connectivity index (χ2v) is 5.29. The Morgan fingerprint density at radius 3 is 2.64 bits per heavy atom. The maximum absolute atomic E-state index is 11.8. The Kier molecular flexibility index (Phi) is 8.78. The first-order chi connectivity index (χ1) is 10.7. The average molecular weight is 320 g/mol. The van der Waals surface area contributed by atoms with Gasteiger partial charge >= 0.3 is 0 Å². The van der Waals surface area contributed by atoms with Crippen molar-refractivity contribution in [1.29, 1.82) is 5.26 Å². The maximum atomic E-state index is 11.8. The molecule has 5 heteroatoms. The lowest BCUT2D eigenvalue weighted by Gasteiger charge is -2.05. The largest absolute Gasteiger partial charge is 0.360 e. The van der Waals surface area contributed by atoms with Crippen molar-refractivity contribution >= 4 is 23.2 Å². The van der Waals surface area contributed by atoms with Crippen LogP contribution in [0, 0.1) is 11.3 Å². The molecule has 22 heavy (non-hydrogen) atoms. The molecular weight excluding hydrogens is 298 g/mol. The number of nitriles is 1. The normalized spacial score (nSPS) is 10.9. The number of carbonyl (C=O) groups excluding carboxylic acids is 1. The minimum absolute atomic E-state index is 0.0460. The first kappa shape index (κ1) is 18.1. The van der Waals surface area contributed by atoms with E-state index >= 15 is 0 Å². The van der Waals surface area contributed by atoms with Crippen LogP contribution in [0.4, 0.5) is 5.69 Å². The van der Waals surface area contributed by atoms with Crippen molar-refractivity contribution in [2.24, 2.45) is 0 Å². The molecule has 0 bridgehead atoms. The summed E-state index contributed by atoms with van der Waals surface area (Å²) in [6, 6.07) is 9.89. The summed E-state index contributed by atoms with van der Waals surface area (Å²) in [4.78, 5) is 11.8. The van der Waals surface area contributed by atoms with E-state index in [1.807, 2.05) is 18.2 Å². The number of aryl methyl sites for hydroxylation is 1. The van der Waals surface area contributed by atoms with E-state index in [1.54, 1.807) is 0 Å². The zero-order valence-electron chi connectivity index (χ0n) is 12.9. The van der Waals surface area contributed by atoms with Gasteiger partial charge in [-0.1, -0.05) is 25.5 Å². The van der Waals surface area contributed by atoms with Gasteiger partial charge in [0.1, 0.15) is 11.6 Å². The Hall–Kier alpha value is -1.99. The van der Waals surface area contributed by atoms with Crippen molar-refractivity contribution in [1.82, 2.24) is 5.32 Å². The molecule has 0 aliphatic heterocycles. The molecule has 0 spiro atoms. The molecule has 1 aromatic carbocycles. The molecule has 1 rings (SSSR count). The van der Waals surface area contributed by atoms with Gasteiger partial charge in [-0.05, 0) is 37.0 Å². The molecule has 1 amide bonds. The molecule has 0 atom stereocenters. The van der Waals surface area contributed by atoms with Gasteiger partial charge in [-0.25, -0.2) is 0 Å². The lowest BCUT2D eigenvalue weighted by molar-refractivity contribution is -0.117. The highest BCUT2D eigenvalue weighted by molar-refractivity contribution is 6.17. The van der Waals surface area contributed by atoms with Crippen LogP contribution in [0.2, 0.25) is 0 Å². The molecular formula is C17H22ClN3O. The van der Waals surface area contributed by atoms with E-state index in [0.29, 0.717) is 18.8 Å². The third-order valence-corrected chi connectivity index (χ3v) is 3.38. The molecule has 0 saturated carbocycles. The van der Waals surface area contributed by atoms with Crippen molar-refractivity contribution in [3.05, 3.63) is 41.6 Å². The highest BCUT2D eigenvalue weighted by Crippen LogP contribution is 2.12. The zero-order chi connectivity index (χ0) is 16.2. The molecule has 0 radical (unpaired) electrons. The predicted molar refractivity (Wildman–Crippen MR) is 90.7 cm³/mol. The van der Waals surface area contributed by atoms with Gasteiger partial charge in [0.05, 0.1) is 0 Å². The van der Waals surface area contributed by atoms with E-state index in [2.05, 4.69) is 29.7 Å². The summed E-state index contributed by atoms with van der Waals surface area (Å²) in [6.07, 6.45) is 5.52. The summed E-state index contributed by atoms with van der Waals surface area (Å²) in [7, 11) is 0. The number of carbonyl (C=O) groups is 1. The first-order valence-corrected chi connectivity index (χ1v) is 8.04. The number of amides is 1. The monoisotopic (exact) mass is 319 g/mol. The van der Waals surface area contributed by atoms with Gasteiger partial charge in [0.25, 0.3) is 5.91 Å². The number of alkyl halides is 1. The first-order valence-electron chi connectivity index (χ1n) is 7.51. The Labute approximate surface area is 137 Å². The van der Waals surface area contributed by atoms with E-state index < -0.39 is 0 Å². The van der Waals surface area contributed by atoms with Crippen molar-refractivity contribution < 1.29 is 4.79 Å². The molecule has 4 nitrogen and oxygen atoms in total. The fourth-order valence-corrected chi connectivity index (χ4v) is 1.95. The van der Waals surface area contributed by atoms with Gasteiger partial charge in [0.2, 0.25) is 0 Å². The molecule has 2 N–H and O–H groups in total. The molecule has 0 aromatic heterocycles. The van der Waals surface area contributed by atoms with Crippen molar-refractivity contribution in [2.75, 3.05) is 17.7 Å². The van der Waals surface area contributed by atoms with Gasteiger partial charge in [-0.15, -0.1) is 11.6 Å². The van der Waals surface area contributed by atoms with Crippen LogP contribution in [0.25, 0.3) is 0 Å². The molecule has 0 aliphatic rings. The molecule has 0 saturated heterocycles. The number of unbranched alkanes of at least 4 members (excludes halogenated alkanes) is 1. The van der Waals surface area contributed by atoms with Crippen LogP contribution in [0.15, 0.2) is 36.0 Å². The molecule has 0 unspecified atom stereocenters. The Morgan fingerprint density at radius 2 is 2.05 bits per heavy atom. The van der Waals surface area contributed by atoms with E-state index in [9.17, 15) is 4.79 Å². The molecule has 0 heterocycles. The van der Waals surface area contributed by atoms with Gasteiger partial charge in [0, 0.05) is 24.3 Å². The van der Waals surface area contributed by atoms with Gasteiger partial charge in [-0.2, -0.15) is 5.26 Å². The third-order valence-electron chi connectivity index (χ3n) is 3.12. The number of rotatable bonds is 9. The summed E-state index contributed by atoms with van der Waals surface area (Å²) in [5.41, 5.74) is 2.18. The summed E-state index contributed by atoms with van der Waals surface area (Å²) in [6.45, 7) is 2.63.